The second kappa shape index (κ2) is 15.1. The number of benzene rings is 2. The number of aliphatic hydroxyl groups excluding tert-OH is 1. The first-order valence-electron chi connectivity index (χ1n) is 18.1. The number of aliphatic hydroxyl groups is 2. The van der Waals surface area contributed by atoms with Crippen LogP contribution in [0.15, 0.2) is 48.7 Å². The third kappa shape index (κ3) is 7.92. The first kappa shape index (κ1) is 36.4. The Morgan fingerprint density at radius 1 is 1.06 bits per heavy atom. The van der Waals surface area contributed by atoms with Crippen molar-refractivity contribution >= 4 is 34.4 Å². The van der Waals surface area contributed by atoms with Crippen molar-refractivity contribution in [1.29, 1.82) is 0 Å². The summed E-state index contributed by atoms with van der Waals surface area (Å²) in [6.45, 7) is 4.17. The van der Waals surface area contributed by atoms with Crippen LogP contribution in [0.3, 0.4) is 0 Å². The van der Waals surface area contributed by atoms with Gasteiger partial charge in [-0.1, -0.05) is 67.6 Å². The number of amides is 4. The van der Waals surface area contributed by atoms with E-state index in [9.17, 15) is 29.4 Å². The van der Waals surface area contributed by atoms with Gasteiger partial charge in [-0.2, -0.15) is 0 Å². The first-order chi connectivity index (χ1) is 24.4. The molecule has 0 spiro atoms. The van der Waals surface area contributed by atoms with Crippen LogP contribution < -0.4 is 21.7 Å². The molecule has 7 N–H and O–H groups in total. The molecule has 6 rings (SSSR count). The molecule has 4 amide bonds. The molecule has 0 bridgehead atoms. The van der Waals surface area contributed by atoms with Gasteiger partial charge in [0.25, 0.3) is 5.91 Å². The largest absolute Gasteiger partial charge is 0.384 e. The summed E-state index contributed by atoms with van der Waals surface area (Å²) in [6, 6.07) is 10.7. The topological polar surface area (TPSA) is 205 Å². The number of rotatable bonds is 11. The number of aromatic nitrogens is 3. The number of primary amides is 1. The molecule has 1 aromatic heterocycles. The number of nitrogens with two attached hydrogens (primary N) is 1. The van der Waals surface area contributed by atoms with Crippen LogP contribution in [0.4, 0.5) is 0 Å². The Labute approximate surface area is 297 Å². The number of hydrogen-bond donors (Lipinski definition) is 6. The molecular formula is C37H50N8O6. The normalized spacial score (nSPS) is 22.3. The third-order valence-corrected chi connectivity index (χ3v) is 11.0. The van der Waals surface area contributed by atoms with E-state index < -0.39 is 53.1 Å². The zero-order chi connectivity index (χ0) is 36.3. The molecule has 2 unspecified atom stereocenters. The van der Waals surface area contributed by atoms with Crippen molar-refractivity contribution in [3.8, 4) is 0 Å². The molecule has 4 atom stereocenters. The average Bonchev–Trinajstić information content (AvgIpc) is 3.80. The minimum absolute atomic E-state index is 0.0588. The van der Waals surface area contributed by atoms with Crippen LogP contribution in [0.2, 0.25) is 0 Å². The van der Waals surface area contributed by atoms with E-state index >= 15 is 0 Å². The summed E-state index contributed by atoms with van der Waals surface area (Å²) >= 11 is 0. The molecule has 3 aliphatic rings. The van der Waals surface area contributed by atoms with Crippen molar-refractivity contribution in [2.24, 2.45) is 11.7 Å². The molecule has 14 nitrogen and oxygen atoms in total. The van der Waals surface area contributed by atoms with Crippen molar-refractivity contribution in [3.63, 3.8) is 0 Å². The van der Waals surface area contributed by atoms with E-state index in [-0.39, 0.29) is 37.6 Å². The lowest BCUT2D eigenvalue weighted by Crippen LogP contribution is -2.66. The van der Waals surface area contributed by atoms with Crippen LogP contribution in [0.1, 0.15) is 93.7 Å². The van der Waals surface area contributed by atoms with E-state index in [2.05, 4.69) is 26.3 Å². The summed E-state index contributed by atoms with van der Waals surface area (Å²) in [5, 5.41) is 41.2. The maximum Gasteiger partial charge on any atom is 0.251 e. The van der Waals surface area contributed by atoms with Gasteiger partial charge in [-0.15, -0.1) is 5.10 Å². The molecule has 51 heavy (non-hydrogen) atoms. The standard InChI is InChI=1S/C37H50N8O6/c1-36(2,51)30-21-40-43-45(30)27-20-29(34(49)42-37(31(46)32(38)47)14-16-39-17-15-37)44(22-27)35(50)28(18-23-8-4-3-5-9-23)41-33(48)26-13-12-24-10-6-7-11-25(24)19-26/h6-7,10-13,19,21,23,27-29,31,39,46,51H,3-5,8-9,14-18,20,22H2,1-2H3,(H2,38,47)(H,41,48)(H,42,49)/t27-,28?,29-,31?/m0/s1. The van der Waals surface area contributed by atoms with Crippen LogP contribution in [-0.4, -0.2) is 97.1 Å². The number of nitrogens with zero attached hydrogens (tertiary/aromatic N) is 4. The lowest BCUT2D eigenvalue weighted by atomic mass is 9.82. The number of carbonyl (C=O) groups is 4. The van der Waals surface area contributed by atoms with Crippen molar-refractivity contribution in [2.75, 3.05) is 19.6 Å². The fourth-order valence-corrected chi connectivity index (χ4v) is 8.13. The monoisotopic (exact) mass is 702 g/mol. The van der Waals surface area contributed by atoms with E-state index in [0.717, 1.165) is 42.9 Å². The minimum atomic E-state index is -1.64. The van der Waals surface area contributed by atoms with E-state index in [1.165, 1.54) is 11.1 Å². The fourth-order valence-electron chi connectivity index (χ4n) is 8.13. The van der Waals surface area contributed by atoms with Gasteiger partial charge in [0.1, 0.15) is 17.7 Å². The summed E-state index contributed by atoms with van der Waals surface area (Å²) in [7, 11) is 0. The predicted molar refractivity (Wildman–Crippen MR) is 189 cm³/mol. The second-order valence-electron chi connectivity index (χ2n) is 15.0. The van der Waals surface area contributed by atoms with Gasteiger partial charge in [0, 0.05) is 18.5 Å². The SMILES string of the molecule is CC(C)(O)c1cnnn1[C@H]1C[C@@H](C(=O)NC2(C(O)C(N)=O)CCNCC2)N(C(=O)C(CC2CCCCC2)NC(=O)c2ccc3ccccc3c2)C1. The summed E-state index contributed by atoms with van der Waals surface area (Å²) in [4.78, 5) is 56.8. The molecule has 3 heterocycles. The molecule has 3 fully saturated rings. The number of carbonyl (C=O) groups excluding carboxylic acids is 4. The van der Waals surface area contributed by atoms with Gasteiger partial charge in [0.05, 0.1) is 23.5 Å². The smallest absolute Gasteiger partial charge is 0.251 e. The quantitative estimate of drug-likeness (QED) is 0.172. The Morgan fingerprint density at radius 2 is 1.76 bits per heavy atom. The number of likely N-dealkylation sites (tertiary alicyclic amines) is 1. The lowest BCUT2D eigenvalue weighted by Gasteiger charge is -2.42. The summed E-state index contributed by atoms with van der Waals surface area (Å²) in [5.41, 5.74) is 3.77. The molecule has 3 aromatic rings. The van der Waals surface area contributed by atoms with E-state index in [1.807, 2.05) is 30.3 Å². The Balaban J connectivity index is 1.33. The van der Waals surface area contributed by atoms with Crippen LogP contribution >= 0.6 is 0 Å². The fraction of sp³-hybridized carbons (Fsp3) is 0.568. The van der Waals surface area contributed by atoms with Gasteiger partial charge in [0.15, 0.2) is 6.10 Å². The van der Waals surface area contributed by atoms with Gasteiger partial charge < -0.3 is 36.8 Å². The number of piperidine rings is 1. The van der Waals surface area contributed by atoms with Crippen LogP contribution in [0, 0.1) is 5.92 Å². The average molecular weight is 703 g/mol. The molecular weight excluding hydrogens is 652 g/mol. The van der Waals surface area contributed by atoms with Gasteiger partial charge in [-0.3, -0.25) is 19.2 Å². The second-order valence-corrected chi connectivity index (χ2v) is 15.0. The van der Waals surface area contributed by atoms with Crippen molar-refractivity contribution in [2.45, 2.75) is 107 Å². The summed E-state index contributed by atoms with van der Waals surface area (Å²) in [5.74, 6) is -2.07. The Morgan fingerprint density at radius 3 is 2.45 bits per heavy atom. The highest BCUT2D eigenvalue weighted by atomic mass is 16.3. The maximum atomic E-state index is 14.8. The number of hydrogen-bond acceptors (Lipinski definition) is 9. The van der Waals surface area contributed by atoms with Gasteiger partial charge in [0.2, 0.25) is 17.7 Å². The van der Waals surface area contributed by atoms with E-state index in [4.69, 9.17) is 5.73 Å². The molecule has 2 saturated heterocycles. The summed E-state index contributed by atoms with van der Waals surface area (Å²) < 4.78 is 1.55. The zero-order valence-electron chi connectivity index (χ0n) is 29.4. The van der Waals surface area contributed by atoms with Crippen molar-refractivity contribution < 1.29 is 29.4 Å². The number of fused-ring (bicyclic) bond motifs is 1. The van der Waals surface area contributed by atoms with Gasteiger partial charge in [-0.05, 0) is 75.0 Å². The lowest BCUT2D eigenvalue weighted by molar-refractivity contribution is -0.143. The van der Waals surface area contributed by atoms with Crippen molar-refractivity contribution in [1.82, 2.24) is 35.8 Å². The van der Waals surface area contributed by atoms with E-state index in [1.54, 1.807) is 30.7 Å². The Hall–Kier alpha value is -4.40. The Bertz CT molecular complexity index is 1740. The highest BCUT2D eigenvalue weighted by Gasteiger charge is 2.49. The molecule has 0 radical (unpaired) electrons. The van der Waals surface area contributed by atoms with Crippen LogP contribution in [0.25, 0.3) is 10.8 Å². The van der Waals surface area contributed by atoms with Crippen LogP contribution in [-0.2, 0) is 20.0 Å². The number of nitrogens with one attached hydrogen (secondary N) is 3. The predicted octanol–water partition coefficient (Wildman–Crippen LogP) is 1.65. The molecule has 1 aliphatic carbocycles. The molecule has 1 saturated carbocycles. The van der Waals surface area contributed by atoms with Gasteiger partial charge >= 0.3 is 0 Å². The maximum absolute atomic E-state index is 14.8. The summed E-state index contributed by atoms with van der Waals surface area (Å²) in [6.07, 6.45) is 5.99. The first-order valence-corrected chi connectivity index (χ1v) is 18.1. The van der Waals surface area contributed by atoms with Crippen LogP contribution in [0.5, 0.6) is 0 Å². The van der Waals surface area contributed by atoms with Gasteiger partial charge in [-0.25, -0.2) is 4.68 Å². The molecule has 2 aromatic carbocycles. The Kier molecular flexibility index (Phi) is 10.7. The molecule has 274 valence electrons. The molecule has 2 aliphatic heterocycles. The highest BCUT2D eigenvalue weighted by Crippen LogP contribution is 2.34. The minimum Gasteiger partial charge on any atom is -0.384 e. The third-order valence-electron chi connectivity index (χ3n) is 11.0. The molecule has 14 heteroatoms. The zero-order valence-corrected chi connectivity index (χ0v) is 29.4. The van der Waals surface area contributed by atoms with Crippen molar-refractivity contribution in [3.05, 3.63) is 59.9 Å². The van der Waals surface area contributed by atoms with E-state index in [0.29, 0.717) is 30.8 Å². The highest BCUT2D eigenvalue weighted by molar-refractivity contribution is 6.01.